The molecule has 1 heterocycles. The van der Waals surface area contributed by atoms with Gasteiger partial charge in [0.05, 0.1) is 25.7 Å². The molecule has 4 atom stereocenters. The summed E-state index contributed by atoms with van der Waals surface area (Å²) in [5.74, 6) is -0.0580. The third kappa shape index (κ3) is 6.85. The molecule has 1 saturated heterocycles. The van der Waals surface area contributed by atoms with Gasteiger partial charge in [0.15, 0.2) is 17.3 Å². The van der Waals surface area contributed by atoms with E-state index in [-0.39, 0.29) is 42.5 Å². The number of aliphatic hydroxyl groups excluding tert-OH is 1. The predicted octanol–water partition coefficient (Wildman–Crippen LogP) is 4.57. The van der Waals surface area contributed by atoms with Gasteiger partial charge in [-0.3, -0.25) is 9.59 Å². The van der Waals surface area contributed by atoms with E-state index >= 15 is 0 Å². The summed E-state index contributed by atoms with van der Waals surface area (Å²) in [4.78, 5) is 28.7. The zero-order chi connectivity index (χ0) is 24.5. The molecule has 33 heavy (non-hydrogen) atoms. The van der Waals surface area contributed by atoms with Gasteiger partial charge < -0.3 is 19.3 Å². The number of benzene rings is 1. The SMILES string of the molecule is COc1ccc(C(=O)[C@@H](C[C@H](N=[N+]=[N-])[C@@H]2C[C@@H](C(C)C)C(=O)O2)C(C)C)cc1OCCCO. The zero-order valence-electron chi connectivity index (χ0n) is 20.1. The van der Waals surface area contributed by atoms with E-state index in [4.69, 9.17) is 24.8 Å². The Kier molecular flexibility index (Phi) is 10.0. The highest BCUT2D eigenvalue weighted by Crippen LogP contribution is 2.35. The second-order valence-electron chi connectivity index (χ2n) is 9.08. The van der Waals surface area contributed by atoms with Crippen LogP contribution in [0.25, 0.3) is 10.4 Å². The van der Waals surface area contributed by atoms with Gasteiger partial charge in [-0.25, -0.2) is 0 Å². The summed E-state index contributed by atoms with van der Waals surface area (Å²) in [5.41, 5.74) is 9.58. The van der Waals surface area contributed by atoms with Crippen LogP contribution in [-0.2, 0) is 9.53 Å². The van der Waals surface area contributed by atoms with Gasteiger partial charge in [-0.15, -0.1) is 0 Å². The van der Waals surface area contributed by atoms with Gasteiger partial charge in [-0.1, -0.05) is 32.8 Å². The summed E-state index contributed by atoms with van der Waals surface area (Å²) in [6.07, 6.45) is 0.671. The number of ether oxygens (including phenoxy) is 3. The number of azide groups is 1. The molecular formula is C24H35N3O6. The predicted molar refractivity (Wildman–Crippen MR) is 123 cm³/mol. The molecular weight excluding hydrogens is 426 g/mol. The molecule has 1 aromatic carbocycles. The van der Waals surface area contributed by atoms with Crippen LogP contribution < -0.4 is 9.47 Å². The highest BCUT2D eigenvalue weighted by Gasteiger charge is 2.41. The van der Waals surface area contributed by atoms with Crippen molar-refractivity contribution in [3.05, 3.63) is 34.2 Å². The van der Waals surface area contributed by atoms with Crippen molar-refractivity contribution < 1.29 is 28.9 Å². The van der Waals surface area contributed by atoms with E-state index < -0.39 is 18.1 Å². The number of nitrogens with zero attached hydrogens (tertiary/aromatic N) is 3. The lowest BCUT2D eigenvalue weighted by atomic mass is 9.81. The smallest absolute Gasteiger partial charge is 0.309 e. The fourth-order valence-corrected chi connectivity index (χ4v) is 4.10. The van der Waals surface area contributed by atoms with Crippen LogP contribution in [-0.4, -0.2) is 49.3 Å². The Morgan fingerprint density at radius 1 is 1.30 bits per heavy atom. The average molecular weight is 462 g/mol. The van der Waals surface area contributed by atoms with Gasteiger partial charge in [0.2, 0.25) is 0 Å². The molecule has 0 bridgehead atoms. The number of hydrogen-bond donors (Lipinski definition) is 1. The van der Waals surface area contributed by atoms with E-state index in [9.17, 15) is 9.59 Å². The number of carbonyl (C=O) groups is 2. The maximum Gasteiger partial charge on any atom is 0.309 e. The van der Waals surface area contributed by atoms with Crippen molar-refractivity contribution in [2.24, 2.45) is 28.8 Å². The Labute approximate surface area is 195 Å². The first-order valence-electron chi connectivity index (χ1n) is 11.4. The van der Waals surface area contributed by atoms with E-state index in [0.29, 0.717) is 36.5 Å². The molecule has 0 aliphatic carbocycles. The fourth-order valence-electron chi connectivity index (χ4n) is 4.10. The van der Waals surface area contributed by atoms with Crippen molar-refractivity contribution in [3.8, 4) is 11.5 Å². The Morgan fingerprint density at radius 3 is 2.58 bits per heavy atom. The summed E-state index contributed by atoms with van der Waals surface area (Å²) in [6, 6.07) is 4.37. The van der Waals surface area contributed by atoms with Gasteiger partial charge in [-0.05, 0) is 48.4 Å². The molecule has 182 valence electrons. The lowest BCUT2D eigenvalue weighted by molar-refractivity contribution is -0.145. The van der Waals surface area contributed by atoms with Gasteiger partial charge in [-0.2, -0.15) is 0 Å². The number of Topliss-reactive ketones (excluding diaryl/α,β-unsaturated/α-hetero) is 1. The zero-order valence-corrected chi connectivity index (χ0v) is 20.1. The molecule has 0 spiro atoms. The second-order valence-corrected chi connectivity index (χ2v) is 9.08. The summed E-state index contributed by atoms with van der Waals surface area (Å²) in [7, 11) is 1.52. The van der Waals surface area contributed by atoms with Crippen LogP contribution in [0.5, 0.6) is 11.5 Å². The van der Waals surface area contributed by atoms with Crippen LogP contribution in [0.3, 0.4) is 0 Å². The highest BCUT2D eigenvalue weighted by molar-refractivity contribution is 5.98. The number of methoxy groups -OCH3 is 1. The largest absolute Gasteiger partial charge is 0.493 e. The van der Waals surface area contributed by atoms with E-state index in [1.54, 1.807) is 18.2 Å². The standard InChI is InChI=1S/C24H35N3O6/c1-14(2)17(12-19(26-27-25)21-13-18(15(3)4)24(30)33-21)23(29)16-7-8-20(31-5)22(11-16)32-10-6-9-28/h7-8,11,14-15,17-19,21,28H,6,9-10,12-13H2,1-5H3/t17-,18-,19-,21-/m0/s1. The molecule has 0 amide bonds. The van der Waals surface area contributed by atoms with Crippen molar-refractivity contribution >= 4 is 11.8 Å². The molecule has 0 saturated carbocycles. The number of rotatable bonds is 13. The molecule has 1 N–H and O–H groups in total. The van der Waals surface area contributed by atoms with Crippen molar-refractivity contribution in [2.75, 3.05) is 20.3 Å². The molecule has 1 aromatic rings. The quantitative estimate of drug-likeness (QED) is 0.114. The molecule has 1 aliphatic heterocycles. The first kappa shape index (κ1) is 26.5. The van der Waals surface area contributed by atoms with Crippen LogP contribution in [0.15, 0.2) is 23.3 Å². The maximum absolute atomic E-state index is 13.5. The summed E-state index contributed by atoms with van der Waals surface area (Å²) in [6.45, 7) is 8.09. The van der Waals surface area contributed by atoms with Gasteiger partial charge in [0.25, 0.3) is 0 Å². The Bertz CT molecular complexity index is 866. The van der Waals surface area contributed by atoms with Gasteiger partial charge in [0, 0.05) is 29.4 Å². The molecule has 0 radical (unpaired) electrons. The Morgan fingerprint density at radius 2 is 2.03 bits per heavy atom. The number of aliphatic hydroxyl groups is 1. The van der Waals surface area contributed by atoms with Crippen molar-refractivity contribution in [1.29, 1.82) is 0 Å². The van der Waals surface area contributed by atoms with Crippen LogP contribution >= 0.6 is 0 Å². The summed E-state index contributed by atoms with van der Waals surface area (Å²) < 4.78 is 16.6. The van der Waals surface area contributed by atoms with Crippen LogP contribution in [0.4, 0.5) is 0 Å². The number of esters is 1. The second kappa shape index (κ2) is 12.5. The van der Waals surface area contributed by atoms with Crippen molar-refractivity contribution in [1.82, 2.24) is 0 Å². The van der Waals surface area contributed by atoms with Crippen molar-refractivity contribution in [3.63, 3.8) is 0 Å². The van der Waals surface area contributed by atoms with Crippen LogP contribution in [0.2, 0.25) is 0 Å². The molecule has 1 fully saturated rings. The van der Waals surface area contributed by atoms with E-state index in [1.807, 2.05) is 27.7 Å². The third-order valence-electron chi connectivity index (χ3n) is 6.14. The molecule has 1 aliphatic rings. The lowest BCUT2D eigenvalue weighted by Gasteiger charge is -2.26. The number of ketones is 1. The number of carbonyl (C=O) groups excluding carboxylic acids is 2. The third-order valence-corrected chi connectivity index (χ3v) is 6.14. The molecule has 2 rings (SSSR count). The molecule has 0 unspecified atom stereocenters. The van der Waals surface area contributed by atoms with Gasteiger partial charge >= 0.3 is 5.97 Å². The summed E-state index contributed by atoms with van der Waals surface area (Å²) in [5, 5.41) is 12.9. The van der Waals surface area contributed by atoms with E-state index in [2.05, 4.69) is 10.0 Å². The lowest BCUT2D eigenvalue weighted by Crippen LogP contribution is -2.31. The van der Waals surface area contributed by atoms with E-state index in [1.165, 1.54) is 7.11 Å². The Balaban J connectivity index is 2.26. The monoisotopic (exact) mass is 461 g/mol. The van der Waals surface area contributed by atoms with E-state index in [0.717, 1.165) is 0 Å². The molecule has 9 heteroatoms. The Hall–Kier alpha value is -2.77. The van der Waals surface area contributed by atoms with Crippen LogP contribution in [0.1, 0.15) is 57.3 Å². The topological polar surface area (TPSA) is 131 Å². The minimum atomic E-state index is -0.627. The average Bonchev–Trinajstić information content (AvgIpc) is 3.17. The fraction of sp³-hybridized carbons (Fsp3) is 0.667. The molecule has 0 aromatic heterocycles. The maximum atomic E-state index is 13.5. The highest BCUT2D eigenvalue weighted by atomic mass is 16.6. The first-order chi connectivity index (χ1) is 15.7. The number of cyclic esters (lactones) is 1. The first-order valence-corrected chi connectivity index (χ1v) is 11.4. The number of hydrogen-bond acceptors (Lipinski definition) is 7. The normalized spacial score (nSPS) is 19.7. The minimum Gasteiger partial charge on any atom is -0.493 e. The van der Waals surface area contributed by atoms with Gasteiger partial charge in [0.1, 0.15) is 6.10 Å². The minimum absolute atomic E-state index is 0.000561. The summed E-state index contributed by atoms with van der Waals surface area (Å²) >= 11 is 0. The molecule has 9 nitrogen and oxygen atoms in total. The van der Waals surface area contributed by atoms with Crippen LogP contribution in [0, 0.1) is 23.7 Å². The van der Waals surface area contributed by atoms with Crippen molar-refractivity contribution in [2.45, 2.75) is 59.1 Å².